The van der Waals surface area contributed by atoms with Gasteiger partial charge in [-0.1, -0.05) is 12.1 Å². The summed E-state index contributed by atoms with van der Waals surface area (Å²) < 4.78 is 39.0. The average molecular weight is 443 g/mol. The molecule has 2 aromatic carbocycles. The Morgan fingerprint density at radius 1 is 1.13 bits per heavy atom. The van der Waals surface area contributed by atoms with Gasteiger partial charge in [0.25, 0.3) is 5.91 Å². The molecule has 162 valence electrons. The van der Waals surface area contributed by atoms with Crippen LogP contribution in [0.2, 0.25) is 0 Å². The highest BCUT2D eigenvalue weighted by atomic mass is 32.2. The molecule has 1 aromatic heterocycles. The molecule has 4 rings (SSSR count). The molecule has 1 saturated heterocycles. The number of methoxy groups -OCH3 is 1. The van der Waals surface area contributed by atoms with Crippen LogP contribution in [-0.4, -0.2) is 45.6 Å². The van der Waals surface area contributed by atoms with Gasteiger partial charge in [0.05, 0.1) is 24.2 Å². The lowest BCUT2D eigenvalue weighted by atomic mass is 10.1. The zero-order chi connectivity index (χ0) is 22.0. The van der Waals surface area contributed by atoms with Crippen LogP contribution in [0.1, 0.15) is 6.42 Å². The Hall–Kier alpha value is -3.33. The second-order valence-electron chi connectivity index (χ2n) is 7.33. The highest BCUT2D eigenvalue weighted by molar-refractivity contribution is 7.91. The maximum atomic E-state index is 12.5. The number of hydrogen-bond donors (Lipinski definition) is 1. The van der Waals surface area contributed by atoms with Crippen LogP contribution < -0.4 is 20.4 Å². The molecule has 31 heavy (non-hydrogen) atoms. The number of nitrogens with one attached hydrogen (secondary N) is 1. The molecule has 9 heteroatoms. The van der Waals surface area contributed by atoms with Gasteiger partial charge in [0.2, 0.25) is 0 Å². The van der Waals surface area contributed by atoms with E-state index in [0.717, 1.165) is 0 Å². The van der Waals surface area contributed by atoms with Crippen molar-refractivity contribution in [3.05, 3.63) is 59.0 Å². The third kappa shape index (κ3) is 4.88. The van der Waals surface area contributed by atoms with E-state index in [2.05, 4.69) is 5.32 Å². The molecule has 1 aliphatic heterocycles. The number of amides is 1. The van der Waals surface area contributed by atoms with E-state index in [1.54, 1.807) is 55.6 Å². The zero-order valence-electron chi connectivity index (χ0n) is 16.8. The Morgan fingerprint density at radius 2 is 1.87 bits per heavy atom. The molecule has 0 unspecified atom stereocenters. The van der Waals surface area contributed by atoms with Crippen molar-refractivity contribution in [1.29, 1.82) is 0 Å². The first-order chi connectivity index (χ1) is 14.8. The average Bonchev–Trinajstić information content (AvgIpc) is 3.09. The Labute approximate surface area is 178 Å². The quantitative estimate of drug-likeness (QED) is 0.581. The molecule has 0 bridgehead atoms. The van der Waals surface area contributed by atoms with Gasteiger partial charge in [-0.2, -0.15) is 0 Å². The standard InChI is InChI=1S/C22H21NO7S/c1-28-17-5-2-14(3-6-17)19-10-15-4-7-18(11-20(15)30-22(19)25)29-12-21(24)23-16-8-9-31(26,27)13-16/h2-7,10-11,16H,8-9,12-13H2,1H3,(H,23,24)/t16-/m1/s1. The number of benzene rings is 2. The van der Waals surface area contributed by atoms with Crippen molar-refractivity contribution >= 4 is 26.7 Å². The number of hydrogen-bond acceptors (Lipinski definition) is 7. The Balaban J connectivity index is 1.45. The summed E-state index contributed by atoms with van der Waals surface area (Å²) in [6, 6.07) is 13.4. The second kappa shape index (κ2) is 8.43. The van der Waals surface area contributed by atoms with E-state index in [4.69, 9.17) is 13.9 Å². The summed E-state index contributed by atoms with van der Waals surface area (Å²) in [6.07, 6.45) is 0.408. The molecule has 1 amide bonds. The molecule has 0 radical (unpaired) electrons. The summed E-state index contributed by atoms with van der Waals surface area (Å²) in [5.41, 5.74) is 0.981. The summed E-state index contributed by atoms with van der Waals surface area (Å²) in [5.74, 6) is 0.687. The van der Waals surface area contributed by atoms with Gasteiger partial charge < -0.3 is 19.2 Å². The second-order valence-corrected chi connectivity index (χ2v) is 9.56. The largest absolute Gasteiger partial charge is 0.497 e. The molecule has 1 aliphatic rings. The zero-order valence-corrected chi connectivity index (χ0v) is 17.6. The predicted molar refractivity (Wildman–Crippen MR) is 115 cm³/mol. The first kappa shape index (κ1) is 20.9. The van der Waals surface area contributed by atoms with E-state index in [0.29, 0.717) is 40.0 Å². The summed E-state index contributed by atoms with van der Waals surface area (Å²) in [7, 11) is -1.50. The maximum Gasteiger partial charge on any atom is 0.344 e. The Bertz CT molecular complexity index is 1280. The van der Waals surface area contributed by atoms with Gasteiger partial charge in [0.15, 0.2) is 16.4 Å². The van der Waals surface area contributed by atoms with Crippen molar-refractivity contribution in [1.82, 2.24) is 5.32 Å². The van der Waals surface area contributed by atoms with Gasteiger partial charge in [0.1, 0.15) is 17.1 Å². The number of sulfone groups is 1. The Morgan fingerprint density at radius 3 is 2.55 bits per heavy atom. The van der Waals surface area contributed by atoms with Crippen molar-refractivity contribution in [3.8, 4) is 22.6 Å². The van der Waals surface area contributed by atoms with E-state index in [1.165, 1.54) is 0 Å². The molecule has 1 fully saturated rings. The molecular formula is C22H21NO7S. The molecule has 0 saturated carbocycles. The monoisotopic (exact) mass is 443 g/mol. The number of carbonyl (C=O) groups is 1. The maximum absolute atomic E-state index is 12.5. The van der Waals surface area contributed by atoms with E-state index >= 15 is 0 Å². The van der Waals surface area contributed by atoms with Crippen LogP contribution in [0.3, 0.4) is 0 Å². The lowest BCUT2D eigenvalue weighted by molar-refractivity contribution is -0.123. The summed E-state index contributed by atoms with van der Waals surface area (Å²) >= 11 is 0. The van der Waals surface area contributed by atoms with Crippen LogP contribution in [0.4, 0.5) is 0 Å². The molecule has 1 atom stereocenters. The first-order valence-corrected chi connectivity index (χ1v) is 11.5. The first-order valence-electron chi connectivity index (χ1n) is 9.68. The smallest absolute Gasteiger partial charge is 0.344 e. The third-order valence-electron chi connectivity index (χ3n) is 5.08. The number of rotatable bonds is 6. The van der Waals surface area contributed by atoms with Crippen LogP contribution in [0.5, 0.6) is 11.5 Å². The lowest BCUT2D eigenvalue weighted by Crippen LogP contribution is -2.38. The number of fused-ring (bicyclic) bond motifs is 1. The topological polar surface area (TPSA) is 112 Å². The number of ether oxygens (including phenoxy) is 2. The van der Waals surface area contributed by atoms with Crippen molar-refractivity contribution in [2.45, 2.75) is 12.5 Å². The van der Waals surface area contributed by atoms with Crippen molar-refractivity contribution in [2.24, 2.45) is 0 Å². The van der Waals surface area contributed by atoms with E-state index in [9.17, 15) is 18.0 Å². The van der Waals surface area contributed by atoms with Crippen molar-refractivity contribution in [2.75, 3.05) is 25.2 Å². The SMILES string of the molecule is COc1ccc(-c2cc3ccc(OCC(=O)N[C@@H]4CCS(=O)(=O)C4)cc3oc2=O)cc1. The van der Waals surface area contributed by atoms with Gasteiger partial charge in [-0.05, 0) is 42.3 Å². The van der Waals surface area contributed by atoms with Gasteiger partial charge >= 0.3 is 5.63 Å². The fourth-order valence-corrected chi connectivity index (χ4v) is 5.15. The minimum atomic E-state index is -3.07. The lowest BCUT2D eigenvalue weighted by Gasteiger charge is -2.12. The van der Waals surface area contributed by atoms with Crippen LogP contribution >= 0.6 is 0 Å². The molecule has 1 N–H and O–H groups in total. The van der Waals surface area contributed by atoms with Gasteiger partial charge in [-0.15, -0.1) is 0 Å². The molecule has 0 aliphatic carbocycles. The molecule has 2 heterocycles. The predicted octanol–water partition coefficient (Wildman–Crippen LogP) is 2.15. The minimum absolute atomic E-state index is 0.0452. The van der Waals surface area contributed by atoms with E-state index in [-0.39, 0.29) is 24.2 Å². The van der Waals surface area contributed by atoms with E-state index in [1.807, 2.05) is 0 Å². The fraction of sp³-hybridized carbons (Fsp3) is 0.273. The summed E-state index contributed by atoms with van der Waals surface area (Å²) in [4.78, 5) is 24.5. The minimum Gasteiger partial charge on any atom is -0.497 e. The highest BCUT2D eigenvalue weighted by Crippen LogP contribution is 2.25. The van der Waals surface area contributed by atoms with Gasteiger partial charge in [-0.25, -0.2) is 13.2 Å². The Kier molecular flexibility index (Phi) is 5.69. The molecular weight excluding hydrogens is 422 g/mol. The van der Waals surface area contributed by atoms with Crippen LogP contribution in [0, 0.1) is 0 Å². The van der Waals surface area contributed by atoms with Crippen LogP contribution in [0.25, 0.3) is 22.1 Å². The number of carbonyl (C=O) groups excluding carboxylic acids is 1. The highest BCUT2D eigenvalue weighted by Gasteiger charge is 2.28. The van der Waals surface area contributed by atoms with Crippen molar-refractivity contribution in [3.63, 3.8) is 0 Å². The van der Waals surface area contributed by atoms with Gasteiger partial charge in [0, 0.05) is 17.5 Å². The van der Waals surface area contributed by atoms with Crippen molar-refractivity contribution < 1.29 is 27.1 Å². The van der Waals surface area contributed by atoms with Crippen LogP contribution in [0.15, 0.2) is 57.7 Å². The van der Waals surface area contributed by atoms with Crippen LogP contribution in [-0.2, 0) is 14.6 Å². The molecule has 0 spiro atoms. The normalized spacial score (nSPS) is 17.4. The molecule has 8 nitrogen and oxygen atoms in total. The summed E-state index contributed by atoms with van der Waals surface area (Å²) in [6.45, 7) is -0.268. The van der Waals surface area contributed by atoms with E-state index < -0.39 is 21.4 Å². The third-order valence-corrected chi connectivity index (χ3v) is 6.84. The van der Waals surface area contributed by atoms with Gasteiger partial charge in [-0.3, -0.25) is 4.79 Å². The molecule has 3 aromatic rings. The fourth-order valence-electron chi connectivity index (χ4n) is 3.48. The summed E-state index contributed by atoms with van der Waals surface area (Å²) in [5, 5.41) is 3.37.